The SMILES string of the molecule is CC(CO)CNC(C)CC(=O)Nc1ccc(F)cc1. The van der Waals surface area contributed by atoms with Gasteiger partial charge in [-0.2, -0.15) is 0 Å². The fourth-order valence-corrected chi connectivity index (χ4v) is 1.56. The molecule has 2 unspecified atom stereocenters. The molecule has 1 rings (SSSR count). The van der Waals surface area contributed by atoms with Gasteiger partial charge in [0.15, 0.2) is 0 Å². The summed E-state index contributed by atoms with van der Waals surface area (Å²) in [5.74, 6) is -0.281. The van der Waals surface area contributed by atoms with E-state index < -0.39 is 0 Å². The molecule has 3 N–H and O–H groups in total. The number of aliphatic hydroxyl groups excluding tert-OH is 1. The molecule has 2 atom stereocenters. The van der Waals surface area contributed by atoms with Gasteiger partial charge in [0, 0.05) is 31.3 Å². The van der Waals surface area contributed by atoms with Gasteiger partial charge in [0.05, 0.1) is 0 Å². The van der Waals surface area contributed by atoms with Crippen molar-refractivity contribution >= 4 is 11.6 Å². The molecule has 0 saturated carbocycles. The van der Waals surface area contributed by atoms with Crippen LogP contribution in [0.5, 0.6) is 0 Å². The normalized spacial score (nSPS) is 13.9. The Morgan fingerprint density at radius 2 is 1.95 bits per heavy atom. The fourth-order valence-electron chi connectivity index (χ4n) is 1.56. The van der Waals surface area contributed by atoms with Crippen LogP contribution in [0.1, 0.15) is 20.3 Å². The maximum absolute atomic E-state index is 12.7. The molecule has 1 aromatic rings. The highest BCUT2D eigenvalue weighted by molar-refractivity contribution is 5.90. The molecule has 0 saturated heterocycles. The Morgan fingerprint density at radius 1 is 1.32 bits per heavy atom. The Morgan fingerprint density at radius 3 is 2.53 bits per heavy atom. The first-order chi connectivity index (χ1) is 9.01. The average molecular weight is 268 g/mol. The first-order valence-electron chi connectivity index (χ1n) is 6.41. The molecule has 0 bridgehead atoms. The van der Waals surface area contributed by atoms with Crippen molar-refractivity contribution in [2.75, 3.05) is 18.5 Å². The topological polar surface area (TPSA) is 61.4 Å². The van der Waals surface area contributed by atoms with Crippen LogP contribution < -0.4 is 10.6 Å². The van der Waals surface area contributed by atoms with E-state index >= 15 is 0 Å². The van der Waals surface area contributed by atoms with Crippen LogP contribution in [-0.4, -0.2) is 30.2 Å². The van der Waals surface area contributed by atoms with Crippen molar-refractivity contribution in [3.05, 3.63) is 30.1 Å². The number of aliphatic hydroxyl groups is 1. The van der Waals surface area contributed by atoms with Gasteiger partial charge >= 0.3 is 0 Å². The van der Waals surface area contributed by atoms with Crippen LogP contribution >= 0.6 is 0 Å². The van der Waals surface area contributed by atoms with Gasteiger partial charge in [-0.15, -0.1) is 0 Å². The number of amides is 1. The average Bonchev–Trinajstić information content (AvgIpc) is 2.38. The number of carbonyl (C=O) groups is 1. The molecular formula is C14H21FN2O2. The predicted octanol–water partition coefficient (Wildman–Crippen LogP) is 1.76. The summed E-state index contributed by atoms with van der Waals surface area (Å²) in [5.41, 5.74) is 0.585. The minimum Gasteiger partial charge on any atom is -0.396 e. The molecule has 0 heterocycles. The third kappa shape index (κ3) is 6.31. The van der Waals surface area contributed by atoms with Crippen LogP contribution in [0.3, 0.4) is 0 Å². The number of benzene rings is 1. The highest BCUT2D eigenvalue weighted by atomic mass is 19.1. The van der Waals surface area contributed by atoms with E-state index in [0.717, 1.165) is 0 Å². The van der Waals surface area contributed by atoms with Gasteiger partial charge in [0.2, 0.25) is 5.91 Å². The number of nitrogens with one attached hydrogen (secondary N) is 2. The smallest absolute Gasteiger partial charge is 0.225 e. The van der Waals surface area contributed by atoms with Crippen LogP contribution in [0.2, 0.25) is 0 Å². The summed E-state index contributed by atoms with van der Waals surface area (Å²) in [6.07, 6.45) is 0.329. The van der Waals surface area contributed by atoms with E-state index in [1.807, 2.05) is 13.8 Å². The minimum absolute atomic E-state index is 0.0226. The van der Waals surface area contributed by atoms with E-state index in [1.54, 1.807) is 0 Å². The number of carbonyl (C=O) groups excluding carboxylic acids is 1. The highest BCUT2D eigenvalue weighted by Gasteiger charge is 2.10. The van der Waals surface area contributed by atoms with Crippen molar-refractivity contribution in [2.24, 2.45) is 5.92 Å². The van der Waals surface area contributed by atoms with Crippen molar-refractivity contribution in [3.63, 3.8) is 0 Å². The van der Waals surface area contributed by atoms with Gasteiger partial charge in [0.25, 0.3) is 0 Å². The van der Waals surface area contributed by atoms with E-state index in [9.17, 15) is 9.18 Å². The minimum atomic E-state index is -0.328. The number of anilines is 1. The first-order valence-corrected chi connectivity index (χ1v) is 6.41. The molecule has 0 aliphatic rings. The molecule has 0 aromatic heterocycles. The van der Waals surface area contributed by atoms with Crippen LogP contribution in [0.15, 0.2) is 24.3 Å². The second kappa shape index (κ2) is 7.86. The maximum atomic E-state index is 12.7. The first kappa shape index (κ1) is 15.6. The number of rotatable bonds is 7. The van der Waals surface area contributed by atoms with E-state index in [0.29, 0.717) is 18.7 Å². The van der Waals surface area contributed by atoms with Gasteiger partial charge in [0.1, 0.15) is 5.82 Å². The second-order valence-electron chi connectivity index (χ2n) is 4.86. The number of hydrogen-bond donors (Lipinski definition) is 3. The van der Waals surface area contributed by atoms with E-state index in [1.165, 1.54) is 24.3 Å². The monoisotopic (exact) mass is 268 g/mol. The van der Waals surface area contributed by atoms with Crippen molar-refractivity contribution in [2.45, 2.75) is 26.3 Å². The zero-order valence-electron chi connectivity index (χ0n) is 11.3. The zero-order chi connectivity index (χ0) is 14.3. The van der Waals surface area contributed by atoms with Gasteiger partial charge in [-0.1, -0.05) is 6.92 Å². The summed E-state index contributed by atoms with van der Waals surface area (Å²) < 4.78 is 12.7. The Labute approximate surface area is 113 Å². The molecule has 0 radical (unpaired) electrons. The lowest BCUT2D eigenvalue weighted by Crippen LogP contribution is -2.34. The predicted molar refractivity (Wildman–Crippen MR) is 73.4 cm³/mol. The molecule has 19 heavy (non-hydrogen) atoms. The molecule has 0 fully saturated rings. The molecule has 0 aliphatic heterocycles. The third-order valence-corrected chi connectivity index (χ3v) is 2.75. The quantitative estimate of drug-likeness (QED) is 0.706. The van der Waals surface area contributed by atoms with Gasteiger partial charge in [-0.3, -0.25) is 4.79 Å². The van der Waals surface area contributed by atoms with Gasteiger partial charge < -0.3 is 15.7 Å². The lowest BCUT2D eigenvalue weighted by molar-refractivity contribution is -0.116. The zero-order valence-corrected chi connectivity index (χ0v) is 11.3. The Balaban J connectivity index is 2.32. The van der Waals surface area contributed by atoms with Gasteiger partial charge in [-0.25, -0.2) is 4.39 Å². The van der Waals surface area contributed by atoms with Crippen molar-refractivity contribution in [3.8, 4) is 0 Å². The Bertz CT molecular complexity index is 395. The van der Waals surface area contributed by atoms with Crippen molar-refractivity contribution in [1.82, 2.24) is 5.32 Å². The highest BCUT2D eigenvalue weighted by Crippen LogP contribution is 2.09. The summed E-state index contributed by atoms with van der Waals surface area (Å²) in [6, 6.07) is 5.69. The molecule has 106 valence electrons. The number of halogens is 1. The fraction of sp³-hybridized carbons (Fsp3) is 0.500. The largest absolute Gasteiger partial charge is 0.396 e. The molecule has 1 aromatic carbocycles. The van der Waals surface area contributed by atoms with Crippen LogP contribution in [0.25, 0.3) is 0 Å². The van der Waals surface area contributed by atoms with E-state index in [2.05, 4.69) is 10.6 Å². The van der Waals surface area contributed by atoms with Crippen LogP contribution in [-0.2, 0) is 4.79 Å². The third-order valence-electron chi connectivity index (χ3n) is 2.75. The molecule has 5 heteroatoms. The van der Waals surface area contributed by atoms with Crippen LogP contribution in [0, 0.1) is 11.7 Å². The summed E-state index contributed by atoms with van der Waals surface area (Å²) in [7, 11) is 0. The Hall–Kier alpha value is -1.46. The molecule has 4 nitrogen and oxygen atoms in total. The molecule has 1 amide bonds. The molecule has 0 aliphatic carbocycles. The molecular weight excluding hydrogens is 247 g/mol. The summed E-state index contributed by atoms with van der Waals surface area (Å²) in [4.78, 5) is 11.7. The van der Waals surface area contributed by atoms with E-state index in [4.69, 9.17) is 5.11 Å². The van der Waals surface area contributed by atoms with E-state index in [-0.39, 0.29) is 30.3 Å². The number of hydrogen-bond acceptors (Lipinski definition) is 3. The summed E-state index contributed by atoms with van der Waals surface area (Å²) >= 11 is 0. The lowest BCUT2D eigenvalue weighted by atomic mass is 10.1. The summed E-state index contributed by atoms with van der Waals surface area (Å²) in [6.45, 7) is 4.63. The molecule has 0 spiro atoms. The van der Waals surface area contributed by atoms with Crippen molar-refractivity contribution < 1.29 is 14.3 Å². The summed E-state index contributed by atoms with van der Waals surface area (Å²) in [5, 5.41) is 14.8. The van der Waals surface area contributed by atoms with Crippen molar-refractivity contribution in [1.29, 1.82) is 0 Å². The standard InChI is InChI=1S/C14H21FN2O2/c1-10(9-18)8-16-11(2)7-14(19)17-13-5-3-12(15)4-6-13/h3-6,10-11,16,18H,7-9H2,1-2H3,(H,17,19). The lowest BCUT2D eigenvalue weighted by Gasteiger charge is -2.16. The van der Waals surface area contributed by atoms with Gasteiger partial charge in [-0.05, 0) is 37.1 Å². The Kier molecular flexibility index (Phi) is 6.45. The van der Waals surface area contributed by atoms with Crippen LogP contribution in [0.4, 0.5) is 10.1 Å². The second-order valence-corrected chi connectivity index (χ2v) is 4.86. The maximum Gasteiger partial charge on any atom is 0.225 e.